The van der Waals surface area contributed by atoms with Gasteiger partial charge in [0.1, 0.15) is 11.5 Å². The number of Topliss-reactive ketones (excluding diaryl/α,β-unsaturated/α-hetero) is 1. The number of rotatable bonds is 10. The molecule has 0 bridgehead atoms. The minimum absolute atomic E-state index is 0.137. The second kappa shape index (κ2) is 10.8. The van der Waals surface area contributed by atoms with E-state index in [0.717, 1.165) is 18.0 Å². The van der Waals surface area contributed by atoms with Gasteiger partial charge in [0, 0.05) is 23.5 Å². The third kappa shape index (κ3) is 5.22. The van der Waals surface area contributed by atoms with E-state index >= 15 is 0 Å². The second-order valence-corrected chi connectivity index (χ2v) is 9.25. The molecule has 1 fully saturated rings. The Labute approximate surface area is 194 Å². The number of ketones is 1. The van der Waals surface area contributed by atoms with E-state index < -0.39 is 17.7 Å². The minimum atomic E-state index is -0.644. The smallest absolute Gasteiger partial charge is 0.295 e. The van der Waals surface area contributed by atoms with Crippen LogP contribution < -0.4 is 4.74 Å². The van der Waals surface area contributed by atoms with E-state index in [2.05, 4.69) is 32.6 Å². The molecule has 2 aromatic rings. The van der Waals surface area contributed by atoms with Crippen LogP contribution in [0.4, 0.5) is 0 Å². The SMILES string of the molecule is CCN(CC)CCN1C(=O)C(=O)/C(=C(\O)c2cccc(OCC(C)C)c2)C1c1cccs1. The van der Waals surface area contributed by atoms with E-state index in [9.17, 15) is 14.7 Å². The minimum Gasteiger partial charge on any atom is -0.507 e. The molecule has 2 heterocycles. The Kier molecular flexibility index (Phi) is 8.10. The van der Waals surface area contributed by atoms with Gasteiger partial charge < -0.3 is 19.6 Å². The molecular formula is C25H32N2O4S. The number of carbonyl (C=O) groups excluding carboxylic acids is 2. The molecule has 1 aromatic heterocycles. The molecule has 1 aliphatic heterocycles. The molecule has 7 heteroatoms. The molecule has 1 aromatic carbocycles. The van der Waals surface area contributed by atoms with E-state index in [-0.39, 0.29) is 11.3 Å². The molecule has 172 valence electrons. The summed E-state index contributed by atoms with van der Waals surface area (Å²) in [5.74, 6) is -0.395. The van der Waals surface area contributed by atoms with Gasteiger partial charge in [-0.05, 0) is 42.6 Å². The van der Waals surface area contributed by atoms with Crippen molar-refractivity contribution in [2.24, 2.45) is 5.92 Å². The Morgan fingerprint density at radius 1 is 1.19 bits per heavy atom. The average Bonchev–Trinajstić information content (AvgIpc) is 3.40. The largest absolute Gasteiger partial charge is 0.507 e. The first-order chi connectivity index (χ1) is 15.4. The summed E-state index contributed by atoms with van der Waals surface area (Å²) in [5, 5.41) is 13.1. The van der Waals surface area contributed by atoms with Crippen molar-refractivity contribution in [2.45, 2.75) is 33.7 Å². The lowest BCUT2D eigenvalue weighted by molar-refractivity contribution is -0.140. The Hall–Kier alpha value is -2.64. The number of carbonyl (C=O) groups is 2. The number of aliphatic hydroxyl groups excluding tert-OH is 1. The third-order valence-corrected chi connectivity index (χ3v) is 6.52. The van der Waals surface area contributed by atoms with E-state index in [1.54, 1.807) is 23.1 Å². The predicted octanol–water partition coefficient (Wildman–Crippen LogP) is 4.55. The highest BCUT2D eigenvalue weighted by molar-refractivity contribution is 7.10. The van der Waals surface area contributed by atoms with E-state index in [4.69, 9.17) is 4.74 Å². The van der Waals surface area contributed by atoms with Crippen molar-refractivity contribution in [1.29, 1.82) is 0 Å². The number of hydrogen-bond acceptors (Lipinski definition) is 6. The van der Waals surface area contributed by atoms with Crippen molar-refractivity contribution in [3.05, 3.63) is 57.8 Å². The summed E-state index contributed by atoms with van der Waals surface area (Å²) >= 11 is 1.47. The van der Waals surface area contributed by atoms with Crippen LogP contribution in [-0.2, 0) is 9.59 Å². The van der Waals surface area contributed by atoms with Crippen LogP contribution in [0.25, 0.3) is 5.76 Å². The monoisotopic (exact) mass is 456 g/mol. The fourth-order valence-electron chi connectivity index (χ4n) is 3.79. The van der Waals surface area contributed by atoms with Crippen molar-refractivity contribution >= 4 is 28.8 Å². The van der Waals surface area contributed by atoms with Crippen LogP contribution in [-0.4, -0.2) is 59.4 Å². The number of likely N-dealkylation sites (tertiary alicyclic amines) is 1. The number of hydrogen-bond donors (Lipinski definition) is 1. The predicted molar refractivity (Wildman–Crippen MR) is 128 cm³/mol. The summed E-state index contributed by atoms with van der Waals surface area (Å²) in [4.78, 5) is 30.7. The Morgan fingerprint density at radius 2 is 1.94 bits per heavy atom. The van der Waals surface area contributed by atoms with Crippen LogP contribution in [0.2, 0.25) is 0 Å². The quantitative estimate of drug-likeness (QED) is 0.323. The molecule has 1 unspecified atom stereocenters. The molecule has 0 spiro atoms. The highest BCUT2D eigenvalue weighted by Crippen LogP contribution is 2.41. The lowest BCUT2D eigenvalue weighted by Crippen LogP contribution is -2.37. The maximum atomic E-state index is 13.1. The molecule has 0 radical (unpaired) electrons. The van der Waals surface area contributed by atoms with Gasteiger partial charge in [-0.3, -0.25) is 9.59 Å². The van der Waals surface area contributed by atoms with E-state index in [1.165, 1.54) is 11.3 Å². The summed E-state index contributed by atoms with van der Waals surface area (Å²) in [6.07, 6.45) is 0. The van der Waals surface area contributed by atoms with Crippen LogP contribution in [0.15, 0.2) is 47.4 Å². The van der Waals surface area contributed by atoms with Gasteiger partial charge in [0.25, 0.3) is 11.7 Å². The van der Waals surface area contributed by atoms with Gasteiger partial charge in [0.2, 0.25) is 0 Å². The maximum Gasteiger partial charge on any atom is 0.295 e. The summed E-state index contributed by atoms with van der Waals surface area (Å²) in [6, 6.07) is 10.2. The van der Waals surface area contributed by atoms with Crippen molar-refractivity contribution in [3.8, 4) is 5.75 Å². The van der Waals surface area contributed by atoms with Gasteiger partial charge in [0.15, 0.2) is 0 Å². The molecule has 0 aliphatic carbocycles. The number of amides is 1. The first kappa shape index (κ1) is 24.0. The van der Waals surface area contributed by atoms with Gasteiger partial charge in [-0.1, -0.05) is 45.9 Å². The molecular weight excluding hydrogens is 424 g/mol. The van der Waals surface area contributed by atoms with Crippen LogP contribution in [0, 0.1) is 5.92 Å². The topological polar surface area (TPSA) is 70.1 Å². The Balaban J connectivity index is 1.99. The number of aliphatic hydroxyl groups is 1. The first-order valence-corrected chi connectivity index (χ1v) is 12.0. The fourth-order valence-corrected chi connectivity index (χ4v) is 4.64. The molecule has 1 N–H and O–H groups in total. The van der Waals surface area contributed by atoms with Gasteiger partial charge in [-0.15, -0.1) is 11.3 Å². The fraction of sp³-hybridized carbons (Fsp3) is 0.440. The molecule has 3 rings (SSSR count). The Bertz CT molecular complexity index is 964. The maximum absolute atomic E-state index is 13.1. The first-order valence-electron chi connectivity index (χ1n) is 11.1. The number of thiophene rings is 1. The molecule has 32 heavy (non-hydrogen) atoms. The molecule has 1 amide bonds. The highest BCUT2D eigenvalue weighted by atomic mass is 32.1. The van der Waals surface area contributed by atoms with Crippen LogP contribution in [0.5, 0.6) is 5.75 Å². The van der Waals surface area contributed by atoms with Crippen LogP contribution in [0.1, 0.15) is 44.2 Å². The molecule has 0 saturated carbocycles. The standard InChI is InChI=1S/C25H32N2O4S/c1-5-26(6-2)12-13-27-22(20-11-8-14-32-20)21(24(29)25(27)30)23(28)18-9-7-10-19(15-18)31-16-17(3)4/h7-11,14-15,17,22,28H,5-6,12-13,16H2,1-4H3/b23-21-. The third-order valence-electron chi connectivity index (χ3n) is 5.60. The number of ether oxygens (including phenoxy) is 1. The number of benzene rings is 1. The van der Waals surface area contributed by atoms with Crippen molar-refractivity contribution in [3.63, 3.8) is 0 Å². The molecule has 1 aliphatic rings. The van der Waals surface area contributed by atoms with Crippen LogP contribution >= 0.6 is 11.3 Å². The number of likely N-dealkylation sites (N-methyl/N-ethyl adjacent to an activating group) is 1. The van der Waals surface area contributed by atoms with Gasteiger partial charge in [-0.25, -0.2) is 0 Å². The zero-order valence-electron chi connectivity index (χ0n) is 19.2. The van der Waals surface area contributed by atoms with E-state index in [0.29, 0.717) is 36.9 Å². The normalized spacial score (nSPS) is 18.2. The average molecular weight is 457 g/mol. The summed E-state index contributed by atoms with van der Waals surface area (Å²) in [5.41, 5.74) is 0.604. The molecule has 1 atom stereocenters. The molecule has 1 saturated heterocycles. The lowest BCUT2D eigenvalue weighted by atomic mass is 9.99. The summed E-state index contributed by atoms with van der Waals surface area (Å²) in [6.45, 7) is 11.6. The Morgan fingerprint density at radius 3 is 2.56 bits per heavy atom. The van der Waals surface area contributed by atoms with Crippen molar-refractivity contribution < 1.29 is 19.4 Å². The number of nitrogens with zero attached hydrogens (tertiary/aromatic N) is 2. The highest BCUT2D eigenvalue weighted by Gasteiger charge is 2.46. The molecule has 6 nitrogen and oxygen atoms in total. The summed E-state index contributed by atoms with van der Waals surface area (Å²) < 4.78 is 5.78. The second-order valence-electron chi connectivity index (χ2n) is 8.27. The van der Waals surface area contributed by atoms with Crippen molar-refractivity contribution in [1.82, 2.24) is 9.80 Å². The lowest BCUT2D eigenvalue weighted by Gasteiger charge is -2.27. The summed E-state index contributed by atoms with van der Waals surface area (Å²) in [7, 11) is 0. The zero-order valence-corrected chi connectivity index (χ0v) is 20.0. The van der Waals surface area contributed by atoms with Gasteiger partial charge in [-0.2, -0.15) is 0 Å². The van der Waals surface area contributed by atoms with Gasteiger partial charge >= 0.3 is 0 Å². The van der Waals surface area contributed by atoms with Gasteiger partial charge in [0.05, 0.1) is 18.2 Å². The van der Waals surface area contributed by atoms with Crippen molar-refractivity contribution in [2.75, 3.05) is 32.8 Å². The van der Waals surface area contributed by atoms with E-state index in [1.807, 2.05) is 23.6 Å². The zero-order chi connectivity index (χ0) is 23.3. The van der Waals surface area contributed by atoms with Crippen LogP contribution in [0.3, 0.4) is 0 Å².